The van der Waals surface area contributed by atoms with Crippen molar-refractivity contribution >= 4 is 17.9 Å². The summed E-state index contributed by atoms with van der Waals surface area (Å²) in [5.74, 6) is -0.870. The zero-order valence-electron chi connectivity index (χ0n) is 43.5. The molecular formula is C59H108O6. The van der Waals surface area contributed by atoms with Crippen LogP contribution in [0.5, 0.6) is 0 Å². The Labute approximate surface area is 404 Å². The summed E-state index contributed by atoms with van der Waals surface area (Å²) >= 11 is 0. The second-order valence-electron chi connectivity index (χ2n) is 19.2. The van der Waals surface area contributed by atoms with Gasteiger partial charge in [0.1, 0.15) is 13.2 Å². The Balaban J connectivity index is 4.33. The molecule has 0 rings (SSSR count). The number of carbonyl (C=O) groups excluding carboxylic acids is 3. The van der Waals surface area contributed by atoms with Gasteiger partial charge in [0, 0.05) is 19.3 Å². The molecule has 0 amide bonds. The van der Waals surface area contributed by atoms with Gasteiger partial charge in [0.05, 0.1) is 0 Å². The lowest BCUT2D eigenvalue weighted by atomic mass is 10.0. The lowest BCUT2D eigenvalue weighted by molar-refractivity contribution is -0.167. The van der Waals surface area contributed by atoms with E-state index in [2.05, 4.69) is 57.2 Å². The Hall–Kier alpha value is -2.37. The topological polar surface area (TPSA) is 78.9 Å². The van der Waals surface area contributed by atoms with E-state index in [-0.39, 0.29) is 31.1 Å². The van der Waals surface area contributed by atoms with Crippen LogP contribution in [0.25, 0.3) is 0 Å². The van der Waals surface area contributed by atoms with Crippen molar-refractivity contribution in [2.24, 2.45) is 0 Å². The fraction of sp³-hybridized carbons (Fsp3) is 0.847. The number of allylic oxidation sites excluding steroid dienone is 6. The number of hydrogen-bond acceptors (Lipinski definition) is 6. The molecule has 0 aromatic carbocycles. The summed E-state index contributed by atoms with van der Waals surface area (Å²) in [6, 6.07) is 0. The van der Waals surface area contributed by atoms with E-state index < -0.39 is 6.10 Å². The average Bonchev–Trinajstić information content (AvgIpc) is 3.30. The molecule has 0 aromatic rings. The van der Waals surface area contributed by atoms with Crippen LogP contribution in [0.1, 0.15) is 303 Å². The fourth-order valence-corrected chi connectivity index (χ4v) is 8.29. The van der Waals surface area contributed by atoms with E-state index >= 15 is 0 Å². The molecule has 0 unspecified atom stereocenters. The number of esters is 3. The van der Waals surface area contributed by atoms with E-state index in [1.54, 1.807) is 0 Å². The molecule has 1 atom stereocenters. The van der Waals surface area contributed by atoms with E-state index in [0.717, 1.165) is 70.6 Å². The SMILES string of the molecule is CCCCC/C=C\C/C=C\CCCCCCCCCCCC(=O)OC[C@@H](COC(=O)CCCCCCC/C=C\CCCCCC)OC(=O)CCCCCCCCCCCCCCCCC. The summed E-state index contributed by atoms with van der Waals surface area (Å²) in [4.78, 5) is 38.1. The molecule has 6 nitrogen and oxygen atoms in total. The molecule has 0 aromatic heterocycles. The zero-order chi connectivity index (χ0) is 47.2. The van der Waals surface area contributed by atoms with Crippen molar-refractivity contribution in [3.05, 3.63) is 36.5 Å². The van der Waals surface area contributed by atoms with Gasteiger partial charge in [0.15, 0.2) is 6.10 Å². The maximum absolute atomic E-state index is 12.8. The Bertz CT molecular complexity index is 1090. The molecule has 0 saturated carbocycles. The van der Waals surface area contributed by atoms with Gasteiger partial charge in [0.2, 0.25) is 0 Å². The summed E-state index contributed by atoms with van der Waals surface area (Å²) < 4.78 is 16.9. The Morgan fingerprint density at radius 1 is 0.308 bits per heavy atom. The standard InChI is InChI=1S/C59H108O6/c1-4-7-10-13-16-19-22-25-27-28-29-30-32-34-37-40-43-46-49-52-58(61)64-55-56(54-63-57(60)51-48-45-42-39-36-33-24-21-18-15-12-9-6-3)65-59(62)53-50-47-44-41-38-35-31-26-23-20-17-14-11-8-5-2/h16,19,21,24-25,27,56H,4-15,17-18,20,22-23,26,28-55H2,1-3H3/b19-16-,24-21-,27-25-/t56-/m1/s1. The molecule has 380 valence electrons. The molecule has 0 aliphatic rings. The maximum atomic E-state index is 12.8. The van der Waals surface area contributed by atoms with Gasteiger partial charge in [-0.2, -0.15) is 0 Å². The summed E-state index contributed by atoms with van der Waals surface area (Å²) in [5, 5.41) is 0. The Morgan fingerprint density at radius 2 is 0.554 bits per heavy atom. The Kier molecular flexibility index (Phi) is 52.3. The zero-order valence-corrected chi connectivity index (χ0v) is 43.5. The fourth-order valence-electron chi connectivity index (χ4n) is 8.29. The van der Waals surface area contributed by atoms with Gasteiger partial charge < -0.3 is 14.2 Å². The first-order valence-electron chi connectivity index (χ1n) is 28.5. The molecule has 65 heavy (non-hydrogen) atoms. The minimum Gasteiger partial charge on any atom is -0.462 e. The monoisotopic (exact) mass is 913 g/mol. The van der Waals surface area contributed by atoms with Crippen LogP contribution in [0.2, 0.25) is 0 Å². The van der Waals surface area contributed by atoms with Crippen molar-refractivity contribution in [3.63, 3.8) is 0 Å². The Morgan fingerprint density at radius 3 is 0.908 bits per heavy atom. The van der Waals surface area contributed by atoms with Gasteiger partial charge in [0.25, 0.3) is 0 Å². The highest BCUT2D eigenvalue weighted by Gasteiger charge is 2.19. The van der Waals surface area contributed by atoms with Gasteiger partial charge in [-0.15, -0.1) is 0 Å². The number of ether oxygens (including phenoxy) is 3. The minimum atomic E-state index is -0.773. The number of unbranched alkanes of at least 4 members (excludes halogenated alkanes) is 35. The third-order valence-corrected chi connectivity index (χ3v) is 12.6. The third kappa shape index (κ3) is 52.5. The van der Waals surface area contributed by atoms with Crippen molar-refractivity contribution in [2.45, 2.75) is 309 Å². The van der Waals surface area contributed by atoms with Crippen molar-refractivity contribution in [2.75, 3.05) is 13.2 Å². The quantitative estimate of drug-likeness (QED) is 0.0262. The molecule has 0 radical (unpaired) electrons. The normalized spacial score (nSPS) is 12.2. The van der Waals surface area contributed by atoms with Crippen molar-refractivity contribution in [1.29, 1.82) is 0 Å². The summed E-state index contributed by atoms with van der Waals surface area (Å²) in [6.07, 6.45) is 64.1. The predicted octanol–water partition coefficient (Wildman–Crippen LogP) is 18.9. The predicted molar refractivity (Wildman–Crippen MR) is 279 cm³/mol. The van der Waals surface area contributed by atoms with E-state index in [1.807, 2.05) is 0 Å². The van der Waals surface area contributed by atoms with Gasteiger partial charge in [-0.3, -0.25) is 14.4 Å². The van der Waals surface area contributed by atoms with Gasteiger partial charge in [-0.05, 0) is 77.0 Å². The second kappa shape index (κ2) is 54.2. The molecule has 0 N–H and O–H groups in total. The van der Waals surface area contributed by atoms with Crippen molar-refractivity contribution in [1.82, 2.24) is 0 Å². The van der Waals surface area contributed by atoms with Crippen molar-refractivity contribution in [3.8, 4) is 0 Å². The van der Waals surface area contributed by atoms with Crippen molar-refractivity contribution < 1.29 is 28.6 Å². The number of hydrogen-bond donors (Lipinski definition) is 0. The number of carbonyl (C=O) groups is 3. The highest BCUT2D eigenvalue weighted by atomic mass is 16.6. The third-order valence-electron chi connectivity index (χ3n) is 12.6. The first kappa shape index (κ1) is 62.6. The highest BCUT2D eigenvalue weighted by Crippen LogP contribution is 2.16. The smallest absolute Gasteiger partial charge is 0.306 e. The van der Waals surface area contributed by atoms with Crippen LogP contribution in [0.4, 0.5) is 0 Å². The van der Waals surface area contributed by atoms with Crippen LogP contribution >= 0.6 is 0 Å². The van der Waals surface area contributed by atoms with E-state index in [9.17, 15) is 14.4 Å². The molecule has 0 saturated heterocycles. The lowest BCUT2D eigenvalue weighted by Gasteiger charge is -2.18. The minimum absolute atomic E-state index is 0.0736. The van der Waals surface area contributed by atoms with Crippen LogP contribution in [-0.4, -0.2) is 37.2 Å². The summed E-state index contributed by atoms with van der Waals surface area (Å²) in [7, 11) is 0. The second-order valence-corrected chi connectivity index (χ2v) is 19.2. The van der Waals surface area contributed by atoms with Crippen LogP contribution in [0.15, 0.2) is 36.5 Å². The van der Waals surface area contributed by atoms with E-state index in [4.69, 9.17) is 14.2 Å². The van der Waals surface area contributed by atoms with Gasteiger partial charge in [-0.25, -0.2) is 0 Å². The molecule has 0 bridgehead atoms. The van der Waals surface area contributed by atoms with Gasteiger partial charge in [-0.1, -0.05) is 243 Å². The largest absolute Gasteiger partial charge is 0.462 e. The van der Waals surface area contributed by atoms with Crippen LogP contribution in [0.3, 0.4) is 0 Å². The van der Waals surface area contributed by atoms with Gasteiger partial charge >= 0.3 is 17.9 Å². The van der Waals surface area contributed by atoms with E-state index in [0.29, 0.717) is 19.3 Å². The lowest BCUT2D eigenvalue weighted by Crippen LogP contribution is -2.30. The molecule has 0 heterocycles. The first-order valence-corrected chi connectivity index (χ1v) is 28.5. The van der Waals surface area contributed by atoms with Crippen LogP contribution < -0.4 is 0 Å². The molecule has 0 fully saturated rings. The summed E-state index contributed by atoms with van der Waals surface area (Å²) in [5.41, 5.74) is 0. The molecule has 0 aliphatic heterocycles. The maximum Gasteiger partial charge on any atom is 0.306 e. The van der Waals surface area contributed by atoms with E-state index in [1.165, 1.54) is 193 Å². The average molecular weight is 914 g/mol. The number of rotatable bonds is 52. The first-order chi connectivity index (χ1) is 32.0. The molecule has 0 aliphatic carbocycles. The van der Waals surface area contributed by atoms with Crippen LogP contribution in [-0.2, 0) is 28.6 Å². The summed E-state index contributed by atoms with van der Waals surface area (Å²) in [6.45, 7) is 6.63. The molecular weight excluding hydrogens is 805 g/mol. The molecule has 0 spiro atoms. The molecule has 6 heteroatoms. The van der Waals surface area contributed by atoms with Crippen LogP contribution in [0, 0.1) is 0 Å². The highest BCUT2D eigenvalue weighted by molar-refractivity contribution is 5.71.